The van der Waals surface area contributed by atoms with E-state index in [1.54, 1.807) is 0 Å². The molecule has 0 amide bonds. The average molecular weight is 627 g/mol. The number of nitrogens with one attached hydrogen (secondary N) is 1. The van der Waals surface area contributed by atoms with Gasteiger partial charge >= 0.3 is 0 Å². The zero-order valence-corrected chi connectivity index (χ0v) is 29.0. The SMILES string of the molecule is CCCCCCNc1cc(C)cc(C2(C3C=C(C)C=C(C)C3C)c3cc(Br)ccc3-c3ccc([Si](C)(C)C)cc32)c1. The molecule has 2 aliphatic rings. The number of aryl methyl sites for hydroxylation is 1. The summed E-state index contributed by atoms with van der Waals surface area (Å²) in [7, 11) is -1.55. The molecule has 1 nitrogen and oxygen atoms in total. The minimum atomic E-state index is -1.55. The van der Waals surface area contributed by atoms with Gasteiger partial charge in [0, 0.05) is 22.6 Å². The van der Waals surface area contributed by atoms with E-state index in [-0.39, 0.29) is 5.41 Å². The quantitative estimate of drug-likeness (QED) is 0.184. The van der Waals surface area contributed by atoms with Crippen molar-refractivity contribution >= 4 is 34.9 Å². The van der Waals surface area contributed by atoms with Gasteiger partial charge in [0.15, 0.2) is 0 Å². The van der Waals surface area contributed by atoms with E-state index < -0.39 is 8.07 Å². The van der Waals surface area contributed by atoms with E-state index in [1.807, 2.05) is 0 Å². The van der Waals surface area contributed by atoms with Gasteiger partial charge in [-0.2, -0.15) is 0 Å². The van der Waals surface area contributed by atoms with Gasteiger partial charge in [0.05, 0.1) is 13.5 Å². The molecule has 0 saturated carbocycles. The lowest BCUT2D eigenvalue weighted by atomic mass is 9.58. The Balaban J connectivity index is 1.81. The fraction of sp³-hybridized carbons (Fsp3) is 0.421. The molecule has 216 valence electrons. The first kappa shape index (κ1) is 30.1. The molecule has 0 aromatic heterocycles. The molecule has 41 heavy (non-hydrogen) atoms. The molecule has 2 aliphatic carbocycles. The third-order valence-corrected chi connectivity index (χ3v) is 12.1. The highest BCUT2D eigenvalue weighted by atomic mass is 79.9. The minimum Gasteiger partial charge on any atom is -0.385 e. The summed E-state index contributed by atoms with van der Waals surface area (Å²) >= 11 is 3.89. The summed E-state index contributed by atoms with van der Waals surface area (Å²) in [6.07, 6.45) is 10.1. The maximum atomic E-state index is 3.89. The van der Waals surface area contributed by atoms with Crippen LogP contribution in [0.15, 0.2) is 82.4 Å². The molecule has 0 bridgehead atoms. The van der Waals surface area contributed by atoms with Gasteiger partial charge in [-0.1, -0.05) is 127 Å². The highest BCUT2D eigenvalue weighted by Gasteiger charge is 2.52. The molecule has 3 aromatic carbocycles. The van der Waals surface area contributed by atoms with E-state index in [2.05, 4.69) is 142 Å². The highest BCUT2D eigenvalue weighted by Crippen LogP contribution is 2.60. The third-order valence-electron chi connectivity index (χ3n) is 9.55. The zero-order valence-electron chi connectivity index (χ0n) is 26.4. The van der Waals surface area contributed by atoms with Gasteiger partial charge < -0.3 is 5.32 Å². The molecule has 3 unspecified atom stereocenters. The second kappa shape index (κ2) is 11.7. The number of halogens is 1. The molecule has 3 aromatic rings. The summed E-state index contributed by atoms with van der Waals surface area (Å²) in [5.41, 5.74) is 12.2. The lowest BCUT2D eigenvalue weighted by Crippen LogP contribution is -2.42. The van der Waals surface area contributed by atoms with Gasteiger partial charge in [0.25, 0.3) is 0 Å². The van der Waals surface area contributed by atoms with Crippen LogP contribution in [0.4, 0.5) is 5.69 Å². The van der Waals surface area contributed by atoms with Crippen molar-refractivity contribution in [1.82, 2.24) is 0 Å². The molecule has 0 fully saturated rings. The number of unbranched alkanes of at least 4 members (excludes halogenated alkanes) is 3. The molecule has 0 heterocycles. The molecular weight excluding hydrogens is 578 g/mol. The average Bonchev–Trinajstić information content (AvgIpc) is 3.19. The van der Waals surface area contributed by atoms with Crippen LogP contribution in [0.5, 0.6) is 0 Å². The van der Waals surface area contributed by atoms with Crippen LogP contribution in [0.2, 0.25) is 19.6 Å². The molecule has 3 atom stereocenters. The fourth-order valence-corrected chi connectivity index (χ4v) is 8.83. The van der Waals surface area contributed by atoms with E-state index in [9.17, 15) is 0 Å². The van der Waals surface area contributed by atoms with Crippen molar-refractivity contribution in [1.29, 1.82) is 0 Å². The van der Waals surface area contributed by atoms with Crippen molar-refractivity contribution in [2.45, 2.75) is 85.4 Å². The number of benzene rings is 3. The van der Waals surface area contributed by atoms with Crippen molar-refractivity contribution in [3.05, 3.63) is 105 Å². The van der Waals surface area contributed by atoms with E-state index >= 15 is 0 Å². The Morgan fingerprint density at radius 1 is 0.854 bits per heavy atom. The molecular formula is C38H48BrNSi. The summed E-state index contributed by atoms with van der Waals surface area (Å²) in [6, 6.07) is 21.8. The van der Waals surface area contributed by atoms with E-state index in [4.69, 9.17) is 0 Å². The summed E-state index contributed by atoms with van der Waals surface area (Å²) in [6.45, 7) is 20.1. The van der Waals surface area contributed by atoms with Crippen molar-refractivity contribution < 1.29 is 0 Å². The second-order valence-corrected chi connectivity index (χ2v) is 19.7. The Kier molecular flexibility index (Phi) is 8.61. The Morgan fingerprint density at radius 2 is 1.56 bits per heavy atom. The maximum absolute atomic E-state index is 3.89. The van der Waals surface area contributed by atoms with Gasteiger partial charge in [-0.15, -0.1) is 0 Å². The van der Waals surface area contributed by atoms with Crippen LogP contribution in [0, 0.1) is 18.8 Å². The Bertz CT molecular complexity index is 1510. The normalized spacial score (nSPS) is 21.7. The van der Waals surface area contributed by atoms with Crippen LogP contribution < -0.4 is 10.5 Å². The van der Waals surface area contributed by atoms with Crippen molar-refractivity contribution in [2.24, 2.45) is 11.8 Å². The first-order valence-electron chi connectivity index (χ1n) is 15.6. The Labute approximate surface area is 258 Å². The van der Waals surface area contributed by atoms with Crippen LogP contribution in [0.3, 0.4) is 0 Å². The van der Waals surface area contributed by atoms with Crippen molar-refractivity contribution in [3.8, 4) is 11.1 Å². The molecule has 0 saturated heterocycles. The molecule has 0 aliphatic heterocycles. The van der Waals surface area contributed by atoms with Gasteiger partial charge in [-0.3, -0.25) is 0 Å². The van der Waals surface area contributed by atoms with Crippen LogP contribution in [-0.4, -0.2) is 14.6 Å². The summed E-state index contributed by atoms with van der Waals surface area (Å²) in [4.78, 5) is 0. The predicted octanol–water partition coefficient (Wildman–Crippen LogP) is 10.8. The van der Waals surface area contributed by atoms with Gasteiger partial charge in [-0.25, -0.2) is 0 Å². The number of hydrogen-bond acceptors (Lipinski definition) is 1. The van der Waals surface area contributed by atoms with Crippen LogP contribution in [-0.2, 0) is 5.41 Å². The summed E-state index contributed by atoms with van der Waals surface area (Å²) < 4.78 is 1.15. The Hall–Kier alpha value is -2.36. The predicted molar refractivity (Wildman–Crippen MR) is 186 cm³/mol. The third kappa shape index (κ3) is 5.57. The summed E-state index contributed by atoms with van der Waals surface area (Å²) in [5.74, 6) is 0.718. The summed E-state index contributed by atoms with van der Waals surface area (Å²) in [5, 5.41) is 5.36. The number of rotatable bonds is 9. The molecule has 0 spiro atoms. The number of hydrogen-bond donors (Lipinski definition) is 1. The topological polar surface area (TPSA) is 12.0 Å². The van der Waals surface area contributed by atoms with Gasteiger partial charge in [-0.05, 0) is 90.8 Å². The first-order valence-corrected chi connectivity index (χ1v) is 19.9. The molecule has 3 heteroatoms. The highest BCUT2D eigenvalue weighted by molar-refractivity contribution is 9.10. The fourth-order valence-electron chi connectivity index (χ4n) is 7.30. The monoisotopic (exact) mass is 625 g/mol. The molecule has 0 radical (unpaired) electrons. The van der Waals surface area contributed by atoms with E-state index in [0.29, 0.717) is 11.8 Å². The maximum Gasteiger partial charge on any atom is 0.0776 e. The standard InChI is InChI=1S/C38H48BrNSi/c1-9-10-11-12-17-40-31-20-26(3)19-29(22-31)38(35-21-25(2)18-27(4)28(35)5)36-23-30(39)13-15-33(36)34-16-14-32(24-37(34)38)41(6,7)8/h13-16,18-24,28,35,40H,9-12,17H2,1-8H3. The lowest BCUT2D eigenvalue weighted by molar-refractivity contribution is 0.359. The molecule has 1 N–H and O–H groups in total. The van der Waals surface area contributed by atoms with Gasteiger partial charge in [0.2, 0.25) is 0 Å². The minimum absolute atomic E-state index is 0.287. The van der Waals surface area contributed by atoms with Crippen LogP contribution in [0.1, 0.15) is 75.6 Å². The smallest absolute Gasteiger partial charge is 0.0776 e. The van der Waals surface area contributed by atoms with E-state index in [1.165, 1.54) is 81.1 Å². The van der Waals surface area contributed by atoms with Crippen LogP contribution in [0.25, 0.3) is 11.1 Å². The number of anilines is 1. The first-order chi connectivity index (χ1) is 19.5. The van der Waals surface area contributed by atoms with Gasteiger partial charge in [0.1, 0.15) is 0 Å². The largest absolute Gasteiger partial charge is 0.385 e. The Morgan fingerprint density at radius 3 is 2.27 bits per heavy atom. The zero-order chi connectivity index (χ0) is 29.5. The lowest BCUT2D eigenvalue weighted by Gasteiger charge is -2.44. The second-order valence-electron chi connectivity index (χ2n) is 13.7. The van der Waals surface area contributed by atoms with Crippen molar-refractivity contribution in [2.75, 3.05) is 11.9 Å². The molecule has 5 rings (SSSR count). The number of allylic oxidation sites excluding steroid dienone is 4. The van der Waals surface area contributed by atoms with Crippen molar-refractivity contribution in [3.63, 3.8) is 0 Å². The number of fused-ring (bicyclic) bond motifs is 3. The van der Waals surface area contributed by atoms with Crippen LogP contribution >= 0.6 is 15.9 Å². The van der Waals surface area contributed by atoms with E-state index in [0.717, 1.165) is 11.0 Å².